The van der Waals surface area contributed by atoms with E-state index < -0.39 is 0 Å². The summed E-state index contributed by atoms with van der Waals surface area (Å²) in [6.07, 6.45) is 0.912. The van der Waals surface area contributed by atoms with Gasteiger partial charge in [0, 0.05) is 18.4 Å². The van der Waals surface area contributed by atoms with Gasteiger partial charge in [0.15, 0.2) is 5.82 Å². The van der Waals surface area contributed by atoms with Crippen LogP contribution < -0.4 is 10.5 Å². The molecular weight excluding hydrogens is 246 g/mol. The fourth-order valence-corrected chi connectivity index (χ4v) is 2.22. The molecule has 0 bridgehead atoms. The maximum atomic E-state index is 5.76. The van der Waals surface area contributed by atoms with E-state index in [1.165, 1.54) is 0 Å². The predicted molar refractivity (Wildman–Crippen MR) is 68.7 cm³/mol. The van der Waals surface area contributed by atoms with Crippen LogP contribution >= 0.6 is 0 Å². The SMILES string of the molecule is COc1cc(N)ccc1-c1nnnn1C1CCOC1. The largest absolute Gasteiger partial charge is 0.496 e. The Kier molecular flexibility index (Phi) is 3.04. The quantitative estimate of drug-likeness (QED) is 0.825. The predicted octanol–water partition coefficient (Wildman–Crippen LogP) is 0.892. The number of benzene rings is 1. The minimum Gasteiger partial charge on any atom is -0.496 e. The number of aromatic nitrogens is 4. The second-order valence-electron chi connectivity index (χ2n) is 4.42. The second kappa shape index (κ2) is 4.85. The molecule has 1 aromatic carbocycles. The maximum absolute atomic E-state index is 5.76. The summed E-state index contributed by atoms with van der Waals surface area (Å²) in [5, 5.41) is 11.9. The van der Waals surface area contributed by atoms with E-state index in [-0.39, 0.29) is 6.04 Å². The van der Waals surface area contributed by atoms with Gasteiger partial charge in [-0.3, -0.25) is 0 Å². The Morgan fingerprint density at radius 2 is 2.37 bits per heavy atom. The lowest BCUT2D eigenvalue weighted by atomic mass is 10.1. The standard InChI is InChI=1S/C12H15N5O2/c1-18-11-6-8(13)2-3-10(11)12-14-15-16-17(12)9-4-5-19-7-9/h2-3,6,9H,4-5,7,13H2,1H3. The van der Waals surface area contributed by atoms with Crippen LogP contribution in [0.25, 0.3) is 11.4 Å². The van der Waals surface area contributed by atoms with Gasteiger partial charge in [0.1, 0.15) is 5.75 Å². The van der Waals surface area contributed by atoms with Gasteiger partial charge in [0.05, 0.1) is 25.3 Å². The highest BCUT2D eigenvalue weighted by molar-refractivity contribution is 5.67. The first-order valence-electron chi connectivity index (χ1n) is 6.09. The molecule has 1 aromatic heterocycles. The van der Waals surface area contributed by atoms with Gasteiger partial charge in [0.2, 0.25) is 0 Å². The molecule has 2 aromatic rings. The van der Waals surface area contributed by atoms with Crippen molar-refractivity contribution in [1.82, 2.24) is 20.2 Å². The van der Waals surface area contributed by atoms with E-state index in [0.717, 1.165) is 18.6 Å². The van der Waals surface area contributed by atoms with Crippen LogP contribution in [0.2, 0.25) is 0 Å². The molecular formula is C12H15N5O2. The highest BCUT2D eigenvalue weighted by Crippen LogP contribution is 2.32. The molecule has 0 amide bonds. The topological polar surface area (TPSA) is 88.1 Å². The Balaban J connectivity index is 2.04. The Bertz CT molecular complexity index is 577. The van der Waals surface area contributed by atoms with E-state index in [2.05, 4.69) is 15.5 Å². The van der Waals surface area contributed by atoms with Crippen molar-refractivity contribution in [2.75, 3.05) is 26.1 Å². The first kappa shape index (κ1) is 11.9. The van der Waals surface area contributed by atoms with Crippen molar-refractivity contribution < 1.29 is 9.47 Å². The van der Waals surface area contributed by atoms with E-state index in [0.29, 0.717) is 23.9 Å². The third kappa shape index (κ3) is 2.12. The summed E-state index contributed by atoms with van der Waals surface area (Å²) in [5.41, 5.74) is 7.23. The van der Waals surface area contributed by atoms with Crippen LogP contribution in [0.1, 0.15) is 12.5 Å². The molecule has 3 rings (SSSR count). The van der Waals surface area contributed by atoms with E-state index in [9.17, 15) is 0 Å². The normalized spacial score (nSPS) is 18.7. The molecule has 0 spiro atoms. The first-order chi connectivity index (χ1) is 9.29. The summed E-state index contributed by atoms with van der Waals surface area (Å²) in [5.74, 6) is 1.34. The summed E-state index contributed by atoms with van der Waals surface area (Å²) in [6.45, 7) is 1.37. The lowest BCUT2D eigenvalue weighted by molar-refractivity contribution is 0.184. The number of nitrogen functional groups attached to an aromatic ring is 1. The number of hydrogen-bond acceptors (Lipinski definition) is 6. The molecule has 0 saturated carbocycles. The van der Waals surface area contributed by atoms with Gasteiger partial charge in [-0.1, -0.05) is 0 Å². The monoisotopic (exact) mass is 261 g/mol. The Labute approximate surface area is 110 Å². The molecule has 19 heavy (non-hydrogen) atoms. The molecule has 1 atom stereocenters. The van der Waals surface area contributed by atoms with Crippen LogP contribution in [0.3, 0.4) is 0 Å². The van der Waals surface area contributed by atoms with Gasteiger partial charge in [-0.15, -0.1) is 5.10 Å². The number of nitrogens with zero attached hydrogens (tertiary/aromatic N) is 4. The smallest absolute Gasteiger partial charge is 0.186 e. The molecule has 7 nitrogen and oxygen atoms in total. The van der Waals surface area contributed by atoms with Crippen molar-refractivity contribution in [3.8, 4) is 17.1 Å². The van der Waals surface area contributed by atoms with Crippen LogP contribution in [-0.4, -0.2) is 40.5 Å². The molecule has 1 fully saturated rings. The van der Waals surface area contributed by atoms with Gasteiger partial charge in [-0.25, -0.2) is 4.68 Å². The number of hydrogen-bond donors (Lipinski definition) is 1. The van der Waals surface area contributed by atoms with Crippen molar-refractivity contribution in [2.45, 2.75) is 12.5 Å². The number of rotatable bonds is 3. The molecule has 7 heteroatoms. The van der Waals surface area contributed by atoms with Gasteiger partial charge >= 0.3 is 0 Å². The molecule has 1 aliphatic rings. The molecule has 0 radical (unpaired) electrons. The average Bonchev–Trinajstić information content (AvgIpc) is 3.08. The van der Waals surface area contributed by atoms with Crippen LogP contribution in [0.4, 0.5) is 5.69 Å². The zero-order valence-electron chi connectivity index (χ0n) is 10.6. The number of methoxy groups -OCH3 is 1. The number of anilines is 1. The zero-order valence-corrected chi connectivity index (χ0v) is 10.6. The fraction of sp³-hybridized carbons (Fsp3) is 0.417. The highest BCUT2D eigenvalue weighted by Gasteiger charge is 2.24. The van der Waals surface area contributed by atoms with Crippen molar-refractivity contribution in [3.05, 3.63) is 18.2 Å². The van der Waals surface area contributed by atoms with Crippen molar-refractivity contribution in [3.63, 3.8) is 0 Å². The maximum Gasteiger partial charge on any atom is 0.186 e. The van der Waals surface area contributed by atoms with E-state index in [1.807, 2.05) is 12.1 Å². The summed E-state index contributed by atoms with van der Waals surface area (Å²) in [6, 6.07) is 5.61. The van der Waals surface area contributed by atoms with E-state index in [1.54, 1.807) is 17.9 Å². The minimum absolute atomic E-state index is 0.173. The summed E-state index contributed by atoms with van der Waals surface area (Å²) in [4.78, 5) is 0. The van der Waals surface area contributed by atoms with Crippen LogP contribution in [0.5, 0.6) is 5.75 Å². The zero-order chi connectivity index (χ0) is 13.2. The summed E-state index contributed by atoms with van der Waals surface area (Å²) >= 11 is 0. The second-order valence-corrected chi connectivity index (χ2v) is 4.42. The molecule has 2 N–H and O–H groups in total. The van der Waals surface area contributed by atoms with Crippen LogP contribution in [-0.2, 0) is 4.74 Å². The minimum atomic E-state index is 0.173. The molecule has 1 unspecified atom stereocenters. The molecule has 0 aliphatic carbocycles. The number of nitrogens with two attached hydrogens (primary N) is 1. The van der Waals surface area contributed by atoms with Crippen LogP contribution in [0.15, 0.2) is 18.2 Å². The Morgan fingerprint density at radius 1 is 1.47 bits per heavy atom. The van der Waals surface area contributed by atoms with Crippen molar-refractivity contribution in [2.24, 2.45) is 0 Å². The third-order valence-electron chi connectivity index (χ3n) is 3.21. The van der Waals surface area contributed by atoms with Gasteiger partial charge < -0.3 is 15.2 Å². The third-order valence-corrected chi connectivity index (χ3v) is 3.21. The van der Waals surface area contributed by atoms with Gasteiger partial charge in [-0.2, -0.15) is 0 Å². The molecule has 2 heterocycles. The summed E-state index contributed by atoms with van der Waals surface area (Å²) < 4.78 is 12.5. The number of ether oxygens (including phenoxy) is 2. The fourth-order valence-electron chi connectivity index (χ4n) is 2.22. The van der Waals surface area contributed by atoms with Crippen molar-refractivity contribution >= 4 is 5.69 Å². The lowest BCUT2D eigenvalue weighted by Crippen LogP contribution is -2.12. The van der Waals surface area contributed by atoms with E-state index >= 15 is 0 Å². The Morgan fingerprint density at radius 3 is 3.11 bits per heavy atom. The van der Waals surface area contributed by atoms with E-state index in [4.69, 9.17) is 15.2 Å². The van der Waals surface area contributed by atoms with Gasteiger partial charge in [-0.05, 0) is 29.0 Å². The molecule has 1 aliphatic heterocycles. The highest BCUT2D eigenvalue weighted by atomic mass is 16.5. The van der Waals surface area contributed by atoms with Crippen molar-refractivity contribution in [1.29, 1.82) is 0 Å². The average molecular weight is 261 g/mol. The van der Waals surface area contributed by atoms with Crippen LogP contribution in [0, 0.1) is 0 Å². The first-order valence-corrected chi connectivity index (χ1v) is 6.09. The summed E-state index contributed by atoms with van der Waals surface area (Å²) in [7, 11) is 1.60. The Hall–Kier alpha value is -2.15. The van der Waals surface area contributed by atoms with Gasteiger partial charge in [0.25, 0.3) is 0 Å². The molecule has 1 saturated heterocycles. The molecule has 100 valence electrons. The lowest BCUT2D eigenvalue weighted by Gasteiger charge is -2.12. The number of tetrazole rings is 1.